The topological polar surface area (TPSA) is 59.5 Å². The Bertz CT molecular complexity index is 457. The van der Waals surface area contributed by atoms with E-state index in [0.29, 0.717) is 12.6 Å². The molecule has 0 amide bonds. The summed E-state index contributed by atoms with van der Waals surface area (Å²) in [4.78, 5) is 11.2. The average Bonchev–Trinajstić information content (AvgIpc) is 2.57. The van der Waals surface area contributed by atoms with Gasteiger partial charge in [-0.15, -0.1) is 0 Å². The SMILES string of the molecule is COCc1cc(NC2CCN(C3CCOCC3)CC2)ncn1. The van der Waals surface area contributed by atoms with E-state index in [1.54, 1.807) is 13.4 Å². The average molecular weight is 306 g/mol. The zero-order valence-electron chi connectivity index (χ0n) is 13.3. The lowest BCUT2D eigenvalue weighted by atomic mass is 9.99. The van der Waals surface area contributed by atoms with Gasteiger partial charge in [0.25, 0.3) is 0 Å². The molecule has 1 N–H and O–H groups in total. The first-order chi connectivity index (χ1) is 10.8. The lowest BCUT2D eigenvalue weighted by Gasteiger charge is -2.39. The highest BCUT2D eigenvalue weighted by atomic mass is 16.5. The van der Waals surface area contributed by atoms with Gasteiger partial charge in [0, 0.05) is 51.6 Å². The fourth-order valence-electron chi connectivity index (χ4n) is 3.37. The van der Waals surface area contributed by atoms with Crippen LogP contribution in [0.4, 0.5) is 5.82 Å². The van der Waals surface area contributed by atoms with Crippen LogP contribution in [0, 0.1) is 0 Å². The van der Waals surface area contributed by atoms with Gasteiger partial charge in [-0.05, 0) is 25.7 Å². The Morgan fingerprint density at radius 1 is 1.23 bits per heavy atom. The second-order valence-corrected chi connectivity index (χ2v) is 6.13. The number of hydrogen-bond acceptors (Lipinski definition) is 6. The van der Waals surface area contributed by atoms with E-state index in [9.17, 15) is 0 Å². The van der Waals surface area contributed by atoms with Crippen molar-refractivity contribution in [2.24, 2.45) is 0 Å². The third kappa shape index (κ3) is 4.15. The summed E-state index contributed by atoms with van der Waals surface area (Å²) in [5, 5.41) is 3.55. The van der Waals surface area contributed by atoms with Crippen molar-refractivity contribution < 1.29 is 9.47 Å². The summed E-state index contributed by atoms with van der Waals surface area (Å²) in [5.74, 6) is 0.909. The molecule has 6 nitrogen and oxygen atoms in total. The van der Waals surface area contributed by atoms with E-state index in [1.165, 1.54) is 38.8 Å². The van der Waals surface area contributed by atoms with Gasteiger partial charge in [-0.2, -0.15) is 0 Å². The summed E-state index contributed by atoms with van der Waals surface area (Å²) in [7, 11) is 1.68. The second-order valence-electron chi connectivity index (χ2n) is 6.13. The molecule has 1 aromatic heterocycles. The maximum Gasteiger partial charge on any atom is 0.129 e. The number of likely N-dealkylation sites (tertiary alicyclic amines) is 1. The molecule has 3 heterocycles. The number of hydrogen-bond donors (Lipinski definition) is 1. The number of rotatable bonds is 5. The van der Waals surface area contributed by atoms with E-state index >= 15 is 0 Å². The van der Waals surface area contributed by atoms with Crippen LogP contribution in [0.2, 0.25) is 0 Å². The summed E-state index contributed by atoms with van der Waals surface area (Å²) >= 11 is 0. The Balaban J connectivity index is 1.48. The Morgan fingerprint density at radius 3 is 2.73 bits per heavy atom. The molecule has 2 aliphatic rings. The van der Waals surface area contributed by atoms with E-state index in [1.807, 2.05) is 6.07 Å². The predicted octanol–water partition coefficient (Wildman–Crippen LogP) is 1.68. The highest BCUT2D eigenvalue weighted by molar-refractivity contribution is 5.36. The summed E-state index contributed by atoms with van der Waals surface area (Å²) in [6.07, 6.45) is 6.31. The molecule has 0 atom stereocenters. The summed E-state index contributed by atoms with van der Waals surface area (Å²) in [5.41, 5.74) is 0.916. The number of methoxy groups -OCH3 is 1. The summed E-state index contributed by atoms with van der Waals surface area (Å²) in [6.45, 7) is 4.70. The Hall–Kier alpha value is -1.24. The molecule has 2 fully saturated rings. The summed E-state index contributed by atoms with van der Waals surface area (Å²) < 4.78 is 10.6. The molecule has 3 rings (SSSR count). The van der Waals surface area contributed by atoms with Gasteiger partial charge < -0.3 is 19.7 Å². The van der Waals surface area contributed by atoms with Crippen LogP contribution in [0.15, 0.2) is 12.4 Å². The Morgan fingerprint density at radius 2 is 2.00 bits per heavy atom. The molecule has 0 unspecified atom stereocenters. The first kappa shape index (κ1) is 15.6. The van der Waals surface area contributed by atoms with Crippen molar-refractivity contribution in [1.82, 2.24) is 14.9 Å². The second kappa shape index (κ2) is 7.85. The molecule has 2 saturated heterocycles. The minimum absolute atomic E-state index is 0.501. The van der Waals surface area contributed by atoms with Crippen LogP contribution in [0.25, 0.3) is 0 Å². The van der Waals surface area contributed by atoms with Crippen LogP contribution in [0.3, 0.4) is 0 Å². The van der Waals surface area contributed by atoms with Crippen LogP contribution >= 0.6 is 0 Å². The number of ether oxygens (including phenoxy) is 2. The molecule has 0 aromatic carbocycles. The Kier molecular flexibility index (Phi) is 5.58. The van der Waals surface area contributed by atoms with Gasteiger partial charge in [0.1, 0.15) is 12.1 Å². The maximum absolute atomic E-state index is 5.46. The molecule has 22 heavy (non-hydrogen) atoms. The Labute approximate surface area is 132 Å². The van der Waals surface area contributed by atoms with Crippen molar-refractivity contribution in [1.29, 1.82) is 0 Å². The van der Waals surface area contributed by atoms with Crippen molar-refractivity contribution in [3.8, 4) is 0 Å². The van der Waals surface area contributed by atoms with Crippen LogP contribution < -0.4 is 5.32 Å². The van der Waals surface area contributed by atoms with Gasteiger partial charge in [0.2, 0.25) is 0 Å². The largest absolute Gasteiger partial charge is 0.381 e. The number of piperidine rings is 1. The molecule has 0 aliphatic carbocycles. The van der Waals surface area contributed by atoms with Crippen molar-refractivity contribution >= 4 is 5.82 Å². The van der Waals surface area contributed by atoms with Crippen LogP contribution in [-0.2, 0) is 16.1 Å². The van der Waals surface area contributed by atoms with Gasteiger partial charge >= 0.3 is 0 Å². The standard InChI is InChI=1S/C16H26N4O2/c1-21-11-14-10-16(18-12-17-14)19-13-2-6-20(7-3-13)15-4-8-22-9-5-15/h10,12-13,15H,2-9,11H2,1H3,(H,17,18,19). The van der Waals surface area contributed by atoms with E-state index in [2.05, 4.69) is 20.2 Å². The first-order valence-corrected chi connectivity index (χ1v) is 8.23. The maximum atomic E-state index is 5.46. The van der Waals surface area contributed by atoms with Gasteiger partial charge in [-0.1, -0.05) is 0 Å². The van der Waals surface area contributed by atoms with E-state index in [0.717, 1.165) is 30.8 Å². The molecule has 1 aromatic rings. The highest BCUT2D eigenvalue weighted by Gasteiger charge is 2.26. The van der Waals surface area contributed by atoms with Gasteiger partial charge in [-0.25, -0.2) is 9.97 Å². The molecule has 2 aliphatic heterocycles. The number of anilines is 1. The zero-order valence-corrected chi connectivity index (χ0v) is 13.3. The van der Waals surface area contributed by atoms with Crippen LogP contribution in [0.1, 0.15) is 31.4 Å². The quantitative estimate of drug-likeness (QED) is 0.893. The smallest absolute Gasteiger partial charge is 0.129 e. The van der Waals surface area contributed by atoms with Crippen molar-refractivity contribution in [2.75, 3.05) is 38.7 Å². The normalized spacial score (nSPS) is 21.9. The lowest BCUT2D eigenvalue weighted by molar-refractivity contribution is 0.0262. The fourth-order valence-corrected chi connectivity index (χ4v) is 3.37. The number of nitrogens with zero attached hydrogens (tertiary/aromatic N) is 3. The van der Waals surface area contributed by atoms with Crippen molar-refractivity contribution in [3.63, 3.8) is 0 Å². The lowest BCUT2D eigenvalue weighted by Crippen LogP contribution is -2.46. The summed E-state index contributed by atoms with van der Waals surface area (Å²) in [6, 6.07) is 3.21. The van der Waals surface area contributed by atoms with E-state index < -0.39 is 0 Å². The zero-order chi connectivity index (χ0) is 15.2. The minimum Gasteiger partial charge on any atom is -0.381 e. The minimum atomic E-state index is 0.501. The van der Waals surface area contributed by atoms with Gasteiger partial charge in [0.05, 0.1) is 12.3 Å². The highest BCUT2D eigenvalue weighted by Crippen LogP contribution is 2.21. The third-order valence-corrected chi connectivity index (χ3v) is 4.60. The third-order valence-electron chi connectivity index (χ3n) is 4.60. The first-order valence-electron chi connectivity index (χ1n) is 8.23. The molecule has 0 spiro atoms. The molecular weight excluding hydrogens is 280 g/mol. The molecule has 0 bridgehead atoms. The van der Waals surface area contributed by atoms with Crippen molar-refractivity contribution in [3.05, 3.63) is 18.1 Å². The molecular formula is C16H26N4O2. The van der Waals surface area contributed by atoms with Crippen LogP contribution in [0.5, 0.6) is 0 Å². The fraction of sp³-hybridized carbons (Fsp3) is 0.750. The van der Waals surface area contributed by atoms with E-state index in [4.69, 9.17) is 9.47 Å². The van der Waals surface area contributed by atoms with Gasteiger partial charge in [0.15, 0.2) is 0 Å². The number of aromatic nitrogens is 2. The van der Waals surface area contributed by atoms with Gasteiger partial charge in [-0.3, -0.25) is 0 Å². The molecule has 0 saturated carbocycles. The van der Waals surface area contributed by atoms with E-state index in [-0.39, 0.29) is 0 Å². The van der Waals surface area contributed by atoms with Crippen molar-refractivity contribution in [2.45, 2.75) is 44.4 Å². The molecule has 6 heteroatoms. The number of nitrogens with one attached hydrogen (secondary N) is 1. The van der Waals surface area contributed by atoms with Crippen LogP contribution in [-0.4, -0.2) is 60.4 Å². The molecule has 0 radical (unpaired) electrons. The predicted molar refractivity (Wildman–Crippen MR) is 84.8 cm³/mol. The monoisotopic (exact) mass is 306 g/mol. The molecule has 122 valence electrons.